The molecule has 6 nitrogen and oxygen atoms in total. The Balaban J connectivity index is 1.70. The smallest absolute Gasteiger partial charge is 0.272 e. The number of fused-ring (bicyclic) bond motifs is 1. The molecule has 0 radical (unpaired) electrons. The molecule has 0 bridgehead atoms. The normalized spacial score (nSPS) is 10.7. The van der Waals surface area contributed by atoms with Crippen LogP contribution in [0.4, 0.5) is 21.5 Å². The van der Waals surface area contributed by atoms with E-state index >= 15 is 0 Å². The molecule has 0 aliphatic rings. The van der Waals surface area contributed by atoms with Crippen molar-refractivity contribution in [2.45, 2.75) is 6.54 Å². The van der Waals surface area contributed by atoms with Crippen LogP contribution in [0.15, 0.2) is 71.5 Å². The van der Waals surface area contributed by atoms with Crippen molar-refractivity contribution in [2.75, 3.05) is 11.1 Å². The molecule has 0 saturated heterocycles. The molecule has 4 N–H and O–H groups in total. The van der Waals surface area contributed by atoms with Crippen LogP contribution < -0.4 is 16.4 Å². The van der Waals surface area contributed by atoms with Gasteiger partial charge in [0.15, 0.2) is 5.69 Å². The van der Waals surface area contributed by atoms with Crippen LogP contribution in [0, 0.1) is 5.82 Å². The summed E-state index contributed by atoms with van der Waals surface area (Å²) in [6, 6.07) is 16.8. The van der Waals surface area contributed by atoms with E-state index in [0.29, 0.717) is 21.5 Å². The minimum absolute atomic E-state index is 0.187. The molecule has 0 unspecified atom stereocenters. The molecule has 1 amide bonds. The van der Waals surface area contributed by atoms with Crippen molar-refractivity contribution in [1.82, 2.24) is 15.3 Å². The number of halogens is 2. The predicted octanol–water partition coefficient (Wildman–Crippen LogP) is 4.79. The third kappa shape index (κ3) is 4.23. The number of hydrogen-bond donors (Lipinski definition) is 3. The van der Waals surface area contributed by atoms with Crippen molar-refractivity contribution in [3.8, 4) is 0 Å². The highest BCUT2D eigenvalue weighted by atomic mass is 79.9. The predicted molar refractivity (Wildman–Crippen MR) is 119 cm³/mol. The maximum absolute atomic E-state index is 13.1. The lowest BCUT2D eigenvalue weighted by atomic mass is 10.1. The first kappa shape index (κ1) is 19.8. The van der Waals surface area contributed by atoms with Crippen LogP contribution in [-0.4, -0.2) is 15.9 Å². The summed E-state index contributed by atoms with van der Waals surface area (Å²) in [6.45, 7) is 0.236. The Hall–Kier alpha value is -3.52. The zero-order valence-corrected chi connectivity index (χ0v) is 17.3. The van der Waals surface area contributed by atoms with Crippen LogP contribution >= 0.6 is 15.9 Å². The molecule has 4 aromatic rings. The highest BCUT2D eigenvalue weighted by Gasteiger charge is 2.20. The van der Waals surface area contributed by atoms with Gasteiger partial charge in [-0.1, -0.05) is 12.1 Å². The van der Waals surface area contributed by atoms with Gasteiger partial charge in [0, 0.05) is 29.5 Å². The molecule has 150 valence electrons. The van der Waals surface area contributed by atoms with E-state index in [0.717, 1.165) is 16.6 Å². The van der Waals surface area contributed by atoms with Gasteiger partial charge in [0.25, 0.3) is 5.91 Å². The van der Waals surface area contributed by atoms with Gasteiger partial charge in [-0.3, -0.25) is 9.78 Å². The van der Waals surface area contributed by atoms with Crippen molar-refractivity contribution >= 4 is 49.8 Å². The van der Waals surface area contributed by atoms with Crippen LogP contribution in [0.3, 0.4) is 0 Å². The van der Waals surface area contributed by atoms with Gasteiger partial charge in [0.1, 0.15) is 10.4 Å². The summed E-state index contributed by atoms with van der Waals surface area (Å²) in [7, 11) is 0. The second-order valence-corrected chi connectivity index (χ2v) is 7.33. The number of nitrogens with zero attached hydrogens (tertiary/aromatic N) is 2. The Morgan fingerprint density at radius 1 is 1.07 bits per heavy atom. The van der Waals surface area contributed by atoms with Gasteiger partial charge in [-0.25, -0.2) is 9.37 Å². The molecule has 0 aliphatic carbocycles. The molecular formula is C22H17BrFN5O. The van der Waals surface area contributed by atoms with Gasteiger partial charge < -0.3 is 16.4 Å². The van der Waals surface area contributed by atoms with Crippen molar-refractivity contribution in [3.63, 3.8) is 0 Å². The third-order valence-electron chi connectivity index (χ3n) is 4.47. The second-order valence-electron chi connectivity index (χ2n) is 6.58. The number of anilines is 3. The monoisotopic (exact) mass is 465 g/mol. The highest BCUT2D eigenvalue weighted by molar-refractivity contribution is 9.10. The quantitative estimate of drug-likeness (QED) is 0.291. The van der Waals surface area contributed by atoms with Gasteiger partial charge >= 0.3 is 0 Å². The summed E-state index contributed by atoms with van der Waals surface area (Å²) in [5, 5.41) is 6.84. The molecule has 2 heterocycles. The first-order valence-corrected chi connectivity index (χ1v) is 9.90. The van der Waals surface area contributed by atoms with Gasteiger partial charge in [0.2, 0.25) is 0 Å². The summed E-state index contributed by atoms with van der Waals surface area (Å²) in [4.78, 5) is 21.9. The fourth-order valence-electron chi connectivity index (χ4n) is 2.96. The number of rotatable bonds is 5. The Bertz CT molecular complexity index is 1210. The Kier molecular flexibility index (Phi) is 5.58. The van der Waals surface area contributed by atoms with Gasteiger partial charge in [-0.05, 0) is 70.0 Å². The van der Waals surface area contributed by atoms with Crippen LogP contribution in [-0.2, 0) is 6.54 Å². The molecule has 0 spiro atoms. The molecule has 30 heavy (non-hydrogen) atoms. The number of hydrogen-bond acceptors (Lipinski definition) is 5. The molecule has 2 aromatic carbocycles. The zero-order valence-electron chi connectivity index (χ0n) is 15.7. The Labute approximate surface area is 180 Å². The fourth-order valence-corrected chi connectivity index (χ4v) is 3.46. The fraction of sp³-hybridized carbons (Fsp3) is 0.0455. The van der Waals surface area contributed by atoms with Crippen molar-refractivity contribution in [1.29, 1.82) is 0 Å². The van der Waals surface area contributed by atoms with E-state index in [9.17, 15) is 9.18 Å². The Morgan fingerprint density at radius 3 is 2.53 bits per heavy atom. The maximum atomic E-state index is 13.1. The van der Waals surface area contributed by atoms with Gasteiger partial charge in [-0.2, -0.15) is 0 Å². The van der Waals surface area contributed by atoms with Crippen molar-refractivity contribution < 1.29 is 9.18 Å². The van der Waals surface area contributed by atoms with E-state index < -0.39 is 0 Å². The zero-order chi connectivity index (χ0) is 21.1. The lowest BCUT2D eigenvalue weighted by Gasteiger charge is -2.15. The number of benzene rings is 2. The molecule has 0 saturated carbocycles. The summed E-state index contributed by atoms with van der Waals surface area (Å²) >= 11 is 3.43. The van der Waals surface area contributed by atoms with E-state index in [4.69, 9.17) is 5.73 Å². The first-order chi connectivity index (χ1) is 14.5. The summed E-state index contributed by atoms with van der Waals surface area (Å²) in [5.74, 6) is -0.711. The van der Waals surface area contributed by atoms with E-state index in [1.165, 1.54) is 12.1 Å². The molecule has 8 heteroatoms. The number of amides is 1. The van der Waals surface area contributed by atoms with Crippen LogP contribution in [0.2, 0.25) is 0 Å². The number of aromatic nitrogens is 2. The largest absolute Gasteiger partial charge is 0.399 e. The topological polar surface area (TPSA) is 92.9 Å². The third-order valence-corrected chi connectivity index (χ3v) is 5.08. The SMILES string of the molecule is Nc1ccc(Nc2c(C(=O)NCc3ccc(F)cc3)nc(Br)c3cccnc23)cc1. The van der Waals surface area contributed by atoms with Gasteiger partial charge in [0.05, 0.1) is 11.2 Å². The van der Waals surface area contributed by atoms with Crippen LogP contribution in [0.1, 0.15) is 16.1 Å². The Morgan fingerprint density at radius 2 is 1.80 bits per heavy atom. The van der Waals surface area contributed by atoms with Crippen molar-refractivity contribution in [2.24, 2.45) is 0 Å². The van der Waals surface area contributed by atoms with Gasteiger partial charge in [-0.15, -0.1) is 0 Å². The standard InChI is InChI=1S/C22H17BrFN5O/c23-21-17-2-1-11-26-18(17)19(28-16-9-7-15(25)8-10-16)20(29-21)22(30)27-12-13-3-5-14(24)6-4-13/h1-11,28H,12,25H2,(H,27,30). The first-order valence-electron chi connectivity index (χ1n) is 9.10. The number of nitrogens with two attached hydrogens (primary N) is 1. The molecule has 0 fully saturated rings. The van der Waals surface area contributed by atoms with E-state index in [2.05, 4.69) is 36.5 Å². The minimum atomic E-state index is -0.384. The maximum Gasteiger partial charge on any atom is 0.272 e. The van der Waals surface area contributed by atoms with E-state index in [1.807, 2.05) is 18.2 Å². The highest BCUT2D eigenvalue weighted by Crippen LogP contribution is 2.32. The molecule has 0 aliphatic heterocycles. The minimum Gasteiger partial charge on any atom is -0.399 e. The second kappa shape index (κ2) is 8.46. The summed E-state index contributed by atoms with van der Waals surface area (Å²) in [6.07, 6.45) is 1.66. The average molecular weight is 466 g/mol. The summed E-state index contributed by atoms with van der Waals surface area (Å²) in [5.41, 5.74) is 9.19. The molecule has 4 rings (SSSR count). The molecule has 0 atom stereocenters. The molecule has 2 aromatic heterocycles. The van der Waals surface area contributed by atoms with Crippen LogP contribution in [0.5, 0.6) is 0 Å². The average Bonchev–Trinajstić information content (AvgIpc) is 2.76. The lowest BCUT2D eigenvalue weighted by Crippen LogP contribution is -2.25. The van der Waals surface area contributed by atoms with E-state index in [-0.39, 0.29) is 24.0 Å². The van der Waals surface area contributed by atoms with E-state index in [1.54, 1.807) is 36.5 Å². The number of nitrogen functional groups attached to an aromatic ring is 1. The number of pyridine rings is 2. The van der Waals surface area contributed by atoms with Crippen LogP contribution in [0.25, 0.3) is 10.9 Å². The molecular weight excluding hydrogens is 449 g/mol. The number of nitrogens with one attached hydrogen (secondary N) is 2. The number of carbonyl (C=O) groups excluding carboxylic acids is 1. The lowest BCUT2D eigenvalue weighted by molar-refractivity contribution is 0.0947. The number of carbonyl (C=O) groups is 1. The summed E-state index contributed by atoms with van der Waals surface area (Å²) < 4.78 is 13.6. The van der Waals surface area contributed by atoms with Crippen molar-refractivity contribution in [3.05, 3.63) is 88.5 Å².